The second kappa shape index (κ2) is 5.04. The van der Waals surface area contributed by atoms with Crippen molar-refractivity contribution in [1.82, 2.24) is 15.0 Å². The maximum absolute atomic E-state index is 11.8. The van der Waals surface area contributed by atoms with E-state index in [1.54, 1.807) is 12.1 Å². The summed E-state index contributed by atoms with van der Waals surface area (Å²) in [5.74, 6) is -0.152. The Bertz CT molecular complexity index is 1020. The summed E-state index contributed by atoms with van der Waals surface area (Å²) in [5.41, 5.74) is -0.705. The Hall–Kier alpha value is -3.07. The topological polar surface area (TPSA) is 125 Å². The number of benzene rings is 1. The number of phenolic OH excluding ortho intramolecular Hbond substituents is 1. The lowest BCUT2D eigenvalue weighted by Gasteiger charge is -2.06. The van der Waals surface area contributed by atoms with Crippen molar-refractivity contribution in [1.29, 1.82) is 0 Å². The molecule has 0 fully saturated rings. The van der Waals surface area contributed by atoms with Gasteiger partial charge in [0.15, 0.2) is 10.5 Å². The Morgan fingerprint density at radius 3 is 2.68 bits per heavy atom. The van der Waals surface area contributed by atoms with E-state index in [9.17, 15) is 20.0 Å². The van der Waals surface area contributed by atoms with Gasteiger partial charge in [-0.15, -0.1) is 0 Å². The highest BCUT2D eigenvalue weighted by molar-refractivity contribution is 7.71. The first-order valence-electron chi connectivity index (χ1n) is 6.07. The number of aromatic nitrogens is 3. The Morgan fingerprint density at radius 2 is 2.00 bits per heavy atom. The smallest absolute Gasteiger partial charge is 0.296 e. The molecule has 0 radical (unpaired) electrons. The van der Waals surface area contributed by atoms with Crippen LogP contribution in [0.5, 0.6) is 5.75 Å². The number of hydrogen-bond donors (Lipinski definition) is 3. The zero-order valence-electron chi connectivity index (χ0n) is 10.9. The van der Waals surface area contributed by atoms with Crippen LogP contribution < -0.4 is 5.56 Å². The summed E-state index contributed by atoms with van der Waals surface area (Å²) < 4.78 is 0.0575. The number of aromatic hydroxyl groups is 1. The van der Waals surface area contributed by atoms with E-state index in [4.69, 9.17) is 12.2 Å². The Balaban J connectivity index is 2.46. The highest BCUT2D eigenvalue weighted by Gasteiger charge is 2.22. The minimum Gasteiger partial charge on any atom is -0.507 e. The van der Waals surface area contributed by atoms with Crippen LogP contribution in [0.2, 0.25) is 0 Å². The number of nitrogens with one attached hydrogen (secondary N) is 2. The van der Waals surface area contributed by atoms with Crippen LogP contribution in [0.25, 0.3) is 22.3 Å². The molecule has 8 nitrogen and oxygen atoms in total. The van der Waals surface area contributed by atoms with Crippen LogP contribution in [0.15, 0.2) is 35.1 Å². The number of pyridine rings is 1. The van der Waals surface area contributed by atoms with Crippen molar-refractivity contribution in [3.63, 3.8) is 0 Å². The first kappa shape index (κ1) is 13.9. The standard InChI is InChI=1S/C13H8N4O4S/c18-9-4-2-1-3-6(9)10-8(17(20)21)5-7-11(14-10)15-13(22)16-12(7)19/h1-5,18H,(H2,14,15,16,19,22). The molecule has 0 aliphatic heterocycles. The molecular weight excluding hydrogens is 308 g/mol. The summed E-state index contributed by atoms with van der Waals surface area (Å²) in [4.78, 5) is 31.6. The van der Waals surface area contributed by atoms with Crippen molar-refractivity contribution < 1.29 is 10.0 Å². The molecule has 3 N–H and O–H groups in total. The zero-order valence-corrected chi connectivity index (χ0v) is 11.7. The number of para-hydroxylation sites is 1. The molecule has 3 rings (SSSR count). The summed E-state index contributed by atoms with van der Waals surface area (Å²) in [6.07, 6.45) is 0. The number of fused-ring (bicyclic) bond motifs is 1. The van der Waals surface area contributed by atoms with Crippen LogP contribution in [0.3, 0.4) is 0 Å². The predicted octanol–water partition coefficient (Wildman–Crippen LogP) is 2.26. The zero-order chi connectivity index (χ0) is 15.9. The predicted molar refractivity (Wildman–Crippen MR) is 81.3 cm³/mol. The lowest BCUT2D eigenvalue weighted by Crippen LogP contribution is -2.10. The van der Waals surface area contributed by atoms with E-state index in [-0.39, 0.29) is 38.5 Å². The third kappa shape index (κ3) is 2.23. The molecule has 0 bridgehead atoms. The number of rotatable bonds is 2. The van der Waals surface area contributed by atoms with Gasteiger partial charge in [0.05, 0.1) is 10.3 Å². The maximum atomic E-state index is 11.8. The van der Waals surface area contributed by atoms with Crippen LogP contribution in [-0.2, 0) is 0 Å². The van der Waals surface area contributed by atoms with Crippen molar-refractivity contribution in [3.8, 4) is 17.0 Å². The van der Waals surface area contributed by atoms with E-state index in [0.29, 0.717) is 0 Å². The minimum atomic E-state index is -0.657. The molecule has 2 heterocycles. The normalized spacial score (nSPS) is 10.7. The van der Waals surface area contributed by atoms with E-state index in [2.05, 4.69) is 15.0 Å². The lowest BCUT2D eigenvalue weighted by molar-refractivity contribution is -0.384. The van der Waals surface area contributed by atoms with Gasteiger partial charge in [-0.2, -0.15) is 0 Å². The summed E-state index contributed by atoms with van der Waals surface area (Å²) >= 11 is 4.86. The highest BCUT2D eigenvalue weighted by atomic mass is 32.1. The summed E-state index contributed by atoms with van der Waals surface area (Å²) in [6, 6.07) is 7.20. The molecule has 9 heteroatoms. The molecule has 3 aromatic rings. The third-order valence-electron chi connectivity index (χ3n) is 3.06. The average Bonchev–Trinajstić information content (AvgIpc) is 2.46. The summed E-state index contributed by atoms with van der Waals surface area (Å²) in [5, 5.41) is 21.2. The van der Waals surface area contributed by atoms with E-state index in [1.807, 2.05) is 0 Å². The van der Waals surface area contributed by atoms with Crippen molar-refractivity contribution in [2.75, 3.05) is 0 Å². The van der Waals surface area contributed by atoms with Crippen LogP contribution in [-0.4, -0.2) is 25.0 Å². The van der Waals surface area contributed by atoms with Crippen LogP contribution in [0.1, 0.15) is 0 Å². The first-order chi connectivity index (χ1) is 10.5. The molecule has 0 aliphatic rings. The Kier molecular flexibility index (Phi) is 3.18. The molecule has 1 aromatic carbocycles. The third-order valence-corrected chi connectivity index (χ3v) is 3.27. The molecular formula is C13H8N4O4S. The highest BCUT2D eigenvalue weighted by Crippen LogP contribution is 2.34. The minimum absolute atomic E-state index is 0.0134. The number of nitro groups is 1. The summed E-state index contributed by atoms with van der Waals surface area (Å²) in [7, 11) is 0. The SMILES string of the molecule is O=c1[nH]c(=S)[nH]c2nc(-c3ccccc3O)c([N+](=O)[O-])cc12. The van der Waals surface area contributed by atoms with Crippen molar-refractivity contribution >= 4 is 28.9 Å². The number of nitrogens with zero attached hydrogens (tertiary/aromatic N) is 2. The van der Waals surface area contributed by atoms with Gasteiger partial charge in [-0.3, -0.25) is 19.9 Å². The largest absolute Gasteiger partial charge is 0.507 e. The molecule has 0 saturated heterocycles. The van der Waals surface area contributed by atoms with Gasteiger partial charge in [-0.25, -0.2) is 4.98 Å². The van der Waals surface area contributed by atoms with E-state index in [1.165, 1.54) is 12.1 Å². The monoisotopic (exact) mass is 316 g/mol. The van der Waals surface area contributed by atoms with Gasteiger partial charge in [-0.1, -0.05) is 12.1 Å². The molecule has 22 heavy (non-hydrogen) atoms. The van der Waals surface area contributed by atoms with Crippen molar-refractivity contribution in [3.05, 3.63) is 55.6 Å². The molecule has 0 spiro atoms. The average molecular weight is 316 g/mol. The molecule has 0 atom stereocenters. The number of phenols is 1. The quantitative estimate of drug-likeness (QED) is 0.378. The van der Waals surface area contributed by atoms with Crippen LogP contribution in [0.4, 0.5) is 5.69 Å². The van der Waals surface area contributed by atoms with Crippen molar-refractivity contribution in [2.45, 2.75) is 0 Å². The molecule has 0 saturated carbocycles. The van der Waals surface area contributed by atoms with Gasteiger partial charge >= 0.3 is 0 Å². The second-order valence-corrected chi connectivity index (χ2v) is 4.84. The van der Waals surface area contributed by atoms with E-state index >= 15 is 0 Å². The fourth-order valence-corrected chi connectivity index (χ4v) is 2.28. The fourth-order valence-electron chi connectivity index (χ4n) is 2.09. The van der Waals surface area contributed by atoms with E-state index in [0.717, 1.165) is 6.07 Å². The second-order valence-electron chi connectivity index (χ2n) is 4.43. The first-order valence-corrected chi connectivity index (χ1v) is 6.48. The molecule has 2 aromatic heterocycles. The van der Waals surface area contributed by atoms with Crippen molar-refractivity contribution in [2.24, 2.45) is 0 Å². The molecule has 0 amide bonds. The molecule has 110 valence electrons. The van der Waals surface area contributed by atoms with Gasteiger partial charge in [0.1, 0.15) is 11.4 Å². The van der Waals surface area contributed by atoms with Crippen LogP contribution in [0, 0.1) is 14.9 Å². The Morgan fingerprint density at radius 1 is 1.27 bits per heavy atom. The Labute approximate surface area is 127 Å². The molecule has 0 aliphatic carbocycles. The van der Waals surface area contributed by atoms with Gasteiger partial charge < -0.3 is 10.1 Å². The van der Waals surface area contributed by atoms with Gasteiger partial charge in [0.25, 0.3) is 11.2 Å². The number of H-pyrrole nitrogens is 2. The fraction of sp³-hybridized carbons (Fsp3) is 0. The lowest BCUT2D eigenvalue weighted by atomic mass is 10.1. The van der Waals surface area contributed by atoms with Gasteiger partial charge in [0, 0.05) is 11.6 Å². The summed E-state index contributed by atoms with van der Waals surface area (Å²) in [6.45, 7) is 0. The number of aromatic amines is 2. The number of hydrogen-bond acceptors (Lipinski definition) is 6. The molecule has 0 unspecified atom stereocenters. The van der Waals surface area contributed by atoms with Gasteiger partial charge in [0.2, 0.25) is 0 Å². The van der Waals surface area contributed by atoms with E-state index < -0.39 is 10.5 Å². The van der Waals surface area contributed by atoms with Crippen LogP contribution >= 0.6 is 12.2 Å². The maximum Gasteiger partial charge on any atom is 0.296 e. The van der Waals surface area contributed by atoms with Gasteiger partial charge in [-0.05, 0) is 24.4 Å².